The molecular weight excluding hydrogens is 166 g/mol. The number of carbonyl (C=O) groups is 1. The zero-order valence-corrected chi connectivity index (χ0v) is 8.72. The molecule has 0 aliphatic heterocycles. The Balaban J connectivity index is 2.78. The van der Waals surface area contributed by atoms with Crippen molar-refractivity contribution in [1.29, 1.82) is 0 Å². The predicted octanol–water partition coefficient (Wildman–Crippen LogP) is 0.417. The molecule has 1 rings (SSSR count). The van der Waals surface area contributed by atoms with Gasteiger partial charge in [0.05, 0.1) is 0 Å². The summed E-state index contributed by atoms with van der Waals surface area (Å²) in [5, 5.41) is 2.75. The molecule has 1 saturated carbocycles. The van der Waals surface area contributed by atoms with Crippen LogP contribution in [0.4, 0.5) is 4.79 Å². The molecule has 0 spiro atoms. The highest BCUT2D eigenvalue weighted by molar-refractivity contribution is 5.72. The zero-order chi connectivity index (χ0) is 10.4. The van der Waals surface area contributed by atoms with Crippen LogP contribution in [0.2, 0.25) is 0 Å². The van der Waals surface area contributed by atoms with Crippen LogP contribution in [0.1, 0.15) is 27.7 Å². The topological polar surface area (TPSA) is 81.1 Å². The van der Waals surface area contributed by atoms with Gasteiger partial charge in [0.2, 0.25) is 0 Å². The summed E-state index contributed by atoms with van der Waals surface area (Å²) in [6.07, 6.45) is 0. The summed E-state index contributed by atoms with van der Waals surface area (Å²) < 4.78 is 0. The van der Waals surface area contributed by atoms with E-state index in [1.54, 1.807) is 0 Å². The SMILES string of the molecule is CC1(C)C(N)C(C)(C)C1NC(N)=O. The van der Waals surface area contributed by atoms with Gasteiger partial charge < -0.3 is 16.8 Å². The Morgan fingerprint density at radius 1 is 1.23 bits per heavy atom. The number of carbonyl (C=O) groups excluding carboxylic acids is 1. The maximum atomic E-state index is 10.8. The number of amides is 2. The molecule has 0 bridgehead atoms. The summed E-state index contributed by atoms with van der Waals surface area (Å²) in [5.74, 6) is 0. The first-order valence-corrected chi connectivity index (χ1v) is 4.52. The molecule has 4 heteroatoms. The second-order valence-electron chi connectivity index (χ2n) is 5.06. The monoisotopic (exact) mass is 185 g/mol. The van der Waals surface area contributed by atoms with Crippen molar-refractivity contribution in [3.63, 3.8) is 0 Å². The first-order valence-electron chi connectivity index (χ1n) is 4.52. The van der Waals surface area contributed by atoms with E-state index in [2.05, 4.69) is 5.32 Å². The smallest absolute Gasteiger partial charge is 0.312 e. The molecule has 5 N–H and O–H groups in total. The Bertz CT molecular complexity index is 219. The van der Waals surface area contributed by atoms with Crippen LogP contribution >= 0.6 is 0 Å². The summed E-state index contributed by atoms with van der Waals surface area (Å²) in [6.45, 7) is 8.18. The fraction of sp³-hybridized carbons (Fsp3) is 0.889. The first kappa shape index (κ1) is 10.3. The zero-order valence-electron chi connectivity index (χ0n) is 8.72. The molecule has 0 aromatic carbocycles. The largest absolute Gasteiger partial charge is 0.352 e. The minimum atomic E-state index is -0.474. The van der Waals surface area contributed by atoms with Crippen LogP contribution in [0.25, 0.3) is 0 Å². The molecule has 0 radical (unpaired) electrons. The van der Waals surface area contributed by atoms with E-state index in [1.165, 1.54) is 0 Å². The molecule has 2 amide bonds. The van der Waals surface area contributed by atoms with E-state index in [0.29, 0.717) is 0 Å². The van der Waals surface area contributed by atoms with Gasteiger partial charge in [0.15, 0.2) is 0 Å². The minimum Gasteiger partial charge on any atom is -0.352 e. The Morgan fingerprint density at radius 3 is 1.92 bits per heavy atom. The van der Waals surface area contributed by atoms with Crippen LogP contribution < -0.4 is 16.8 Å². The molecule has 4 nitrogen and oxygen atoms in total. The van der Waals surface area contributed by atoms with Crippen LogP contribution in [0.3, 0.4) is 0 Å². The normalized spacial score (nSPS) is 34.8. The quantitative estimate of drug-likeness (QED) is 0.553. The molecular formula is C9H19N3O. The van der Waals surface area contributed by atoms with Gasteiger partial charge in [0, 0.05) is 22.9 Å². The molecule has 1 aliphatic rings. The molecule has 0 saturated heterocycles. The van der Waals surface area contributed by atoms with Crippen LogP contribution in [0.5, 0.6) is 0 Å². The Morgan fingerprint density at radius 2 is 1.62 bits per heavy atom. The van der Waals surface area contributed by atoms with Crippen LogP contribution in [0.15, 0.2) is 0 Å². The summed E-state index contributed by atoms with van der Waals surface area (Å²) in [5.41, 5.74) is 11.0. The van der Waals surface area contributed by atoms with E-state index >= 15 is 0 Å². The van der Waals surface area contributed by atoms with Gasteiger partial charge in [-0.1, -0.05) is 27.7 Å². The van der Waals surface area contributed by atoms with Gasteiger partial charge in [0.1, 0.15) is 0 Å². The van der Waals surface area contributed by atoms with Gasteiger partial charge in [-0.05, 0) is 0 Å². The van der Waals surface area contributed by atoms with Gasteiger partial charge in [-0.3, -0.25) is 0 Å². The highest BCUT2D eigenvalue weighted by atomic mass is 16.2. The summed E-state index contributed by atoms with van der Waals surface area (Å²) >= 11 is 0. The highest BCUT2D eigenvalue weighted by Crippen LogP contribution is 2.52. The highest BCUT2D eigenvalue weighted by Gasteiger charge is 2.60. The van der Waals surface area contributed by atoms with Gasteiger partial charge in [-0.2, -0.15) is 0 Å². The molecule has 0 atom stereocenters. The number of urea groups is 1. The predicted molar refractivity (Wildman–Crippen MR) is 52.0 cm³/mol. The average molecular weight is 185 g/mol. The number of nitrogens with one attached hydrogen (secondary N) is 1. The van der Waals surface area contributed by atoms with Gasteiger partial charge >= 0.3 is 6.03 Å². The summed E-state index contributed by atoms with van der Waals surface area (Å²) in [4.78, 5) is 10.8. The lowest BCUT2D eigenvalue weighted by Crippen LogP contribution is -2.76. The average Bonchev–Trinajstić information content (AvgIpc) is 1.98. The molecule has 76 valence electrons. The number of primary amides is 1. The van der Waals surface area contributed by atoms with Crippen LogP contribution in [-0.2, 0) is 0 Å². The fourth-order valence-electron chi connectivity index (χ4n) is 2.69. The van der Waals surface area contributed by atoms with Gasteiger partial charge in [-0.25, -0.2) is 4.79 Å². The lowest BCUT2D eigenvalue weighted by molar-refractivity contribution is -0.0640. The van der Waals surface area contributed by atoms with Gasteiger partial charge in [0.25, 0.3) is 0 Å². The number of rotatable bonds is 1. The van der Waals surface area contributed by atoms with Gasteiger partial charge in [-0.15, -0.1) is 0 Å². The number of hydrogen-bond donors (Lipinski definition) is 3. The molecule has 1 fully saturated rings. The molecule has 0 unspecified atom stereocenters. The van der Waals surface area contributed by atoms with E-state index in [9.17, 15) is 4.79 Å². The molecule has 0 heterocycles. The standard InChI is InChI=1S/C9H19N3O/c1-8(2)5(10)9(3,4)6(8)12-7(11)13/h5-6H,10H2,1-4H3,(H3,11,12,13). The van der Waals surface area contributed by atoms with Crippen LogP contribution in [0, 0.1) is 10.8 Å². The Kier molecular flexibility index (Phi) is 2.07. The summed E-state index contributed by atoms with van der Waals surface area (Å²) in [6, 6.07) is -0.317. The number of hydrogen-bond acceptors (Lipinski definition) is 2. The second kappa shape index (κ2) is 2.61. The molecule has 1 aliphatic carbocycles. The third kappa shape index (κ3) is 1.29. The fourth-order valence-corrected chi connectivity index (χ4v) is 2.69. The van der Waals surface area contributed by atoms with Crippen molar-refractivity contribution in [1.82, 2.24) is 5.32 Å². The first-order chi connectivity index (χ1) is 5.70. The van der Waals surface area contributed by atoms with Crippen molar-refractivity contribution in [3.8, 4) is 0 Å². The third-order valence-electron chi connectivity index (χ3n) is 3.38. The Hall–Kier alpha value is -0.770. The lowest BCUT2D eigenvalue weighted by Gasteiger charge is -2.62. The molecule has 13 heavy (non-hydrogen) atoms. The van der Waals surface area contributed by atoms with Crippen molar-refractivity contribution < 1.29 is 4.79 Å². The van der Waals surface area contributed by atoms with E-state index in [-0.39, 0.29) is 22.9 Å². The van der Waals surface area contributed by atoms with E-state index < -0.39 is 6.03 Å². The van der Waals surface area contributed by atoms with Crippen LogP contribution in [-0.4, -0.2) is 18.1 Å². The Labute approximate surface area is 79.0 Å². The summed E-state index contributed by atoms with van der Waals surface area (Å²) in [7, 11) is 0. The molecule has 0 aromatic rings. The minimum absolute atomic E-state index is 0.0625. The maximum absolute atomic E-state index is 10.8. The van der Waals surface area contributed by atoms with Crippen molar-refractivity contribution in [2.75, 3.05) is 0 Å². The van der Waals surface area contributed by atoms with Crippen molar-refractivity contribution >= 4 is 6.03 Å². The van der Waals surface area contributed by atoms with E-state index in [4.69, 9.17) is 11.5 Å². The lowest BCUT2D eigenvalue weighted by atomic mass is 9.48. The van der Waals surface area contributed by atoms with E-state index in [1.807, 2.05) is 27.7 Å². The van der Waals surface area contributed by atoms with Crippen molar-refractivity contribution in [3.05, 3.63) is 0 Å². The third-order valence-corrected chi connectivity index (χ3v) is 3.38. The number of nitrogens with two attached hydrogens (primary N) is 2. The van der Waals surface area contributed by atoms with E-state index in [0.717, 1.165) is 0 Å². The van der Waals surface area contributed by atoms with Crippen molar-refractivity contribution in [2.24, 2.45) is 22.3 Å². The maximum Gasteiger partial charge on any atom is 0.312 e. The molecule has 0 aromatic heterocycles. The second-order valence-corrected chi connectivity index (χ2v) is 5.06. The van der Waals surface area contributed by atoms with Crippen molar-refractivity contribution in [2.45, 2.75) is 39.8 Å².